The molecule has 1 aromatic carbocycles. The van der Waals surface area contributed by atoms with E-state index in [2.05, 4.69) is 16.9 Å². The van der Waals surface area contributed by atoms with Gasteiger partial charge in [0, 0.05) is 11.3 Å². The minimum absolute atomic E-state index is 0.786. The molecule has 3 heteroatoms. The van der Waals surface area contributed by atoms with Crippen molar-refractivity contribution in [3.05, 3.63) is 53.9 Å². The molecule has 0 atom stereocenters. The molecular formula is C17H18N2O. The molecule has 0 radical (unpaired) electrons. The third-order valence-corrected chi connectivity index (χ3v) is 3.38. The van der Waals surface area contributed by atoms with Crippen molar-refractivity contribution >= 4 is 0 Å². The van der Waals surface area contributed by atoms with E-state index in [1.165, 1.54) is 5.69 Å². The number of hydrogen-bond donors (Lipinski definition) is 1. The van der Waals surface area contributed by atoms with E-state index in [9.17, 15) is 0 Å². The molecule has 0 saturated heterocycles. The van der Waals surface area contributed by atoms with Gasteiger partial charge in [-0.25, -0.2) is 4.98 Å². The Kier molecular flexibility index (Phi) is 3.42. The number of imidazole rings is 1. The topological polar surface area (TPSA) is 41.8 Å². The van der Waals surface area contributed by atoms with E-state index in [-0.39, 0.29) is 0 Å². The van der Waals surface area contributed by atoms with Crippen LogP contribution in [0, 0.1) is 6.92 Å². The monoisotopic (exact) mass is 266 g/mol. The number of aromatic nitrogens is 2. The number of H-pyrrole nitrogens is 1. The Bertz CT molecular complexity index is 695. The maximum Gasteiger partial charge on any atom is 0.174 e. The lowest BCUT2D eigenvalue weighted by molar-refractivity contribution is 0.592. The Morgan fingerprint density at radius 2 is 1.80 bits per heavy atom. The lowest BCUT2D eigenvalue weighted by Gasteiger charge is -1.95. The molecule has 0 aliphatic carbocycles. The Hall–Kier alpha value is -2.29. The third kappa shape index (κ3) is 2.39. The molecule has 0 aliphatic rings. The van der Waals surface area contributed by atoms with Gasteiger partial charge in [0.25, 0.3) is 0 Å². The first-order chi connectivity index (χ1) is 9.78. The summed E-state index contributed by atoms with van der Waals surface area (Å²) in [7, 11) is 0. The standard InChI is InChI=1S/C17H18N2O/c1-3-7-14-12(2)18-17(19-14)16-11-10-15(20-16)13-8-5-4-6-9-13/h4-6,8-11H,3,7H2,1-2H3,(H,18,19). The molecule has 0 saturated carbocycles. The molecule has 1 N–H and O–H groups in total. The molecule has 2 heterocycles. The molecule has 0 amide bonds. The van der Waals surface area contributed by atoms with Gasteiger partial charge in [-0.1, -0.05) is 43.7 Å². The van der Waals surface area contributed by atoms with Crippen LogP contribution in [0.4, 0.5) is 0 Å². The number of aryl methyl sites for hydroxylation is 2. The predicted molar refractivity (Wildman–Crippen MR) is 80.5 cm³/mol. The smallest absolute Gasteiger partial charge is 0.174 e. The number of aromatic amines is 1. The van der Waals surface area contributed by atoms with Gasteiger partial charge in [0.2, 0.25) is 0 Å². The molecule has 0 aliphatic heterocycles. The van der Waals surface area contributed by atoms with Crippen LogP contribution < -0.4 is 0 Å². The Morgan fingerprint density at radius 3 is 2.55 bits per heavy atom. The van der Waals surface area contributed by atoms with Gasteiger partial charge in [0.1, 0.15) is 5.76 Å². The van der Waals surface area contributed by atoms with Crippen molar-refractivity contribution < 1.29 is 4.42 Å². The van der Waals surface area contributed by atoms with Crippen molar-refractivity contribution in [3.63, 3.8) is 0 Å². The fourth-order valence-electron chi connectivity index (χ4n) is 2.33. The number of hydrogen-bond acceptors (Lipinski definition) is 2. The van der Waals surface area contributed by atoms with Gasteiger partial charge in [-0.3, -0.25) is 0 Å². The zero-order valence-corrected chi connectivity index (χ0v) is 11.8. The highest BCUT2D eigenvalue weighted by molar-refractivity contribution is 5.61. The average molecular weight is 266 g/mol. The van der Waals surface area contributed by atoms with Crippen LogP contribution in [0.15, 0.2) is 46.9 Å². The van der Waals surface area contributed by atoms with Crippen molar-refractivity contribution in [2.24, 2.45) is 0 Å². The second-order valence-corrected chi connectivity index (χ2v) is 4.93. The molecule has 0 fully saturated rings. The molecule has 3 aromatic rings. The Labute approximate surface area is 118 Å². The van der Waals surface area contributed by atoms with Crippen molar-refractivity contribution in [2.45, 2.75) is 26.7 Å². The van der Waals surface area contributed by atoms with Gasteiger partial charge in [-0.2, -0.15) is 0 Å². The van der Waals surface area contributed by atoms with Crippen LogP contribution in [0.5, 0.6) is 0 Å². The summed E-state index contributed by atoms with van der Waals surface area (Å²) in [6, 6.07) is 14.1. The van der Waals surface area contributed by atoms with Crippen LogP contribution in [0.1, 0.15) is 24.7 Å². The van der Waals surface area contributed by atoms with E-state index in [4.69, 9.17) is 4.42 Å². The highest BCUT2D eigenvalue weighted by atomic mass is 16.3. The van der Waals surface area contributed by atoms with E-state index in [1.54, 1.807) is 0 Å². The molecule has 102 valence electrons. The molecule has 2 aromatic heterocycles. The van der Waals surface area contributed by atoms with E-state index < -0.39 is 0 Å². The summed E-state index contributed by atoms with van der Waals surface area (Å²) >= 11 is 0. The highest BCUT2D eigenvalue weighted by Gasteiger charge is 2.12. The minimum atomic E-state index is 0.786. The molecule has 3 rings (SSSR count). The molecule has 3 nitrogen and oxygen atoms in total. The lowest BCUT2D eigenvalue weighted by atomic mass is 10.2. The zero-order chi connectivity index (χ0) is 13.9. The SMILES string of the molecule is CCCc1[nH]c(-c2ccc(-c3ccccc3)o2)nc1C. The summed E-state index contributed by atoms with van der Waals surface area (Å²) in [6.07, 6.45) is 2.13. The normalized spacial score (nSPS) is 10.9. The van der Waals surface area contributed by atoms with Gasteiger partial charge >= 0.3 is 0 Å². The number of furan rings is 1. The molecule has 20 heavy (non-hydrogen) atoms. The first-order valence-corrected chi connectivity index (χ1v) is 6.99. The van der Waals surface area contributed by atoms with Gasteiger partial charge in [-0.05, 0) is 25.5 Å². The average Bonchev–Trinajstić information content (AvgIpc) is 3.08. The Morgan fingerprint density at radius 1 is 1.05 bits per heavy atom. The van der Waals surface area contributed by atoms with Gasteiger partial charge in [0.15, 0.2) is 11.6 Å². The predicted octanol–water partition coefficient (Wildman–Crippen LogP) is 4.60. The van der Waals surface area contributed by atoms with Crippen LogP contribution in [0.2, 0.25) is 0 Å². The summed E-state index contributed by atoms with van der Waals surface area (Å²) in [5, 5.41) is 0. The van der Waals surface area contributed by atoms with Gasteiger partial charge in [0.05, 0.1) is 5.69 Å². The molecular weight excluding hydrogens is 248 g/mol. The molecule has 0 spiro atoms. The minimum Gasteiger partial charge on any atom is -0.453 e. The second-order valence-electron chi connectivity index (χ2n) is 4.93. The molecule has 0 bridgehead atoms. The number of nitrogens with zero attached hydrogens (tertiary/aromatic N) is 1. The van der Waals surface area contributed by atoms with Gasteiger partial charge in [-0.15, -0.1) is 0 Å². The van der Waals surface area contributed by atoms with E-state index in [0.717, 1.165) is 41.4 Å². The van der Waals surface area contributed by atoms with Crippen molar-refractivity contribution in [1.29, 1.82) is 0 Å². The fraction of sp³-hybridized carbons (Fsp3) is 0.235. The summed E-state index contributed by atoms with van der Waals surface area (Å²) in [6.45, 7) is 4.20. The maximum atomic E-state index is 5.91. The summed E-state index contributed by atoms with van der Waals surface area (Å²) in [5.41, 5.74) is 3.33. The van der Waals surface area contributed by atoms with Crippen LogP contribution in [-0.2, 0) is 6.42 Å². The Balaban J connectivity index is 1.92. The van der Waals surface area contributed by atoms with E-state index in [0.29, 0.717) is 0 Å². The lowest BCUT2D eigenvalue weighted by Crippen LogP contribution is -1.85. The van der Waals surface area contributed by atoms with E-state index in [1.807, 2.05) is 49.4 Å². The number of nitrogens with one attached hydrogen (secondary N) is 1. The quantitative estimate of drug-likeness (QED) is 0.750. The maximum absolute atomic E-state index is 5.91. The van der Waals surface area contributed by atoms with Crippen LogP contribution in [0.3, 0.4) is 0 Å². The second kappa shape index (κ2) is 5.37. The highest BCUT2D eigenvalue weighted by Crippen LogP contribution is 2.27. The molecule has 0 unspecified atom stereocenters. The van der Waals surface area contributed by atoms with Crippen molar-refractivity contribution in [3.8, 4) is 22.9 Å². The summed E-state index contributed by atoms with van der Waals surface area (Å²) in [4.78, 5) is 7.92. The largest absolute Gasteiger partial charge is 0.453 e. The summed E-state index contributed by atoms with van der Waals surface area (Å²) < 4.78 is 5.91. The van der Waals surface area contributed by atoms with Gasteiger partial charge < -0.3 is 9.40 Å². The van der Waals surface area contributed by atoms with Crippen molar-refractivity contribution in [1.82, 2.24) is 9.97 Å². The summed E-state index contributed by atoms with van der Waals surface area (Å²) in [5.74, 6) is 2.47. The van der Waals surface area contributed by atoms with E-state index >= 15 is 0 Å². The third-order valence-electron chi connectivity index (χ3n) is 3.38. The van der Waals surface area contributed by atoms with Crippen LogP contribution >= 0.6 is 0 Å². The van der Waals surface area contributed by atoms with Crippen LogP contribution in [0.25, 0.3) is 22.9 Å². The number of benzene rings is 1. The first kappa shape index (κ1) is 12.7. The first-order valence-electron chi connectivity index (χ1n) is 6.99. The van der Waals surface area contributed by atoms with Crippen molar-refractivity contribution in [2.75, 3.05) is 0 Å². The zero-order valence-electron chi connectivity index (χ0n) is 11.8. The fourth-order valence-corrected chi connectivity index (χ4v) is 2.33. The van der Waals surface area contributed by atoms with Crippen LogP contribution in [-0.4, -0.2) is 9.97 Å². The number of rotatable bonds is 4.